The average Bonchev–Trinajstić information content (AvgIpc) is 3.25. The molecule has 1 aliphatic rings. The van der Waals surface area contributed by atoms with E-state index in [9.17, 15) is 0 Å². The van der Waals surface area contributed by atoms with Crippen LogP contribution in [-0.2, 0) is 0 Å². The third-order valence-corrected chi connectivity index (χ3v) is 4.94. The lowest BCUT2D eigenvalue weighted by molar-refractivity contribution is 0.394. The Morgan fingerprint density at radius 2 is 1.68 bits per heavy atom. The van der Waals surface area contributed by atoms with E-state index >= 15 is 0 Å². The number of methoxy groups -OCH3 is 2. The van der Waals surface area contributed by atoms with Crippen LogP contribution in [-0.4, -0.2) is 43.5 Å². The van der Waals surface area contributed by atoms with Crippen molar-refractivity contribution in [3.63, 3.8) is 0 Å². The summed E-state index contributed by atoms with van der Waals surface area (Å²) in [5, 5.41) is 7.74. The highest BCUT2D eigenvalue weighted by molar-refractivity contribution is 5.55. The minimum atomic E-state index is 0.369. The van der Waals surface area contributed by atoms with Crippen LogP contribution < -0.4 is 19.7 Å². The Kier molecular flexibility index (Phi) is 5.32. The fraction of sp³-hybridized carbons (Fsp3) is 0.333. The number of nitrogens with one attached hydrogen (secondary N) is 1. The molecule has 0 unspecified atom stereocenters. The van der Waals surface area contributed by atoms with Gasteiger partial charge in [0.15, 0.2) is 0 Å². The molecule has 7 heteroatoms. The molecule has 1 aliphatic heterocycles. The minimum absolute atomic E-state index is 0.369. The lowest BCUT2D eigenvalue weighted by atomic mass is 10.0. The van der Waals surface area contributed by atoms with Crippen LogP contribution in [0, 0.1) is 0 Å². The van der Waals surface area contributed by atoms with Crippen LogP contribution in [0.4, 0.5) is 11.6 Å². The fourth-order valence-electron chi connectivity index (χ4n) is 3.39. The van der Waals surface area contributed by atoms with E-state index in [-0.39, 0.29) is 0 Å². The molecule has 0 atom stereocenters. The predicted octanol–water partition coefficient (Wildman–Crippen LogP) is 3.83. The number of rotatable bonds is 6. The van der Waals surface area contributed by atoms with Gasteiger partial charge in [0.25, 0.3) is 11.8 Å². The van der Waals surface area contributed by atoms with Gasteiger partial charge in [-0.25, -0.2) is 0 Å². The van der Waals surface area contributed by atoms with Gasteiger partial charge in [-0.15, -0.1) is 0 Å². The molecule has 146 valence electrons. The summed E-state index contributed by atoms with van der Waals surface area (Å²) in [4.78, 5) is 6.72. The molecule has 1 N–H and O–H groups in total. The molecule has 2 aromatic carbocycles. The van der Waals surface area contributed by atoms with Crippen LogP contribution in [0.5, 0.6) is 11.5 Å². The van der Waals surface area contributed by atoms with E-state index < -0.39 is 0 Å². The van der Waals surface area contributed by atoms with Crippen molar-refractivity contribution >= 4 is 11.6 Å². The Morgan fingerprint density at radius 1 is 1.00 bits per heavy atom. The zero-order valence-corrected chi connectivity index (χ0v) is 16.1. The van der Waals surface area contributed by atoms with Gasteiger partial charge in [0.1, 0.15) is 11.5 Å². The summed E-state index contributed by atoms with van der Waals surface area (Å²) < 4.78 is 16.1. The molecular formula is C21H24N4O3. The number of aromatic nitrogens is 2. The van der Waals surface area contributed by atoms with Crippen molar-refractivity contribution in [3.05, 3.63) is 48.5 Å². The molecule has 0 saturated carbocycles. The summed E-state index contributed by atoms with van der Waals surface area (Å²) in [6, 6.07) is 16.0. The van der Waals surface area contributed by atoms with Crippen LogP contribution in [0.3, 0.4) is 0 Å². The van der Waals surface area contributed by atoms with E-state index in [4.69, 9.17) is 14.0 Å². The normalized spacial score (nSPS) is 14.7. The van der Waals surface area contributed by atoms with Crippen molar-refractivity contribution in [2.45, 2.75) is 18.9 Å². The molecule has 7 nitrogen and oxygen atoms in total. The maximum absolute atomic E-state index is 5.43. The topological polar surface area (TPSA) is 72.7 Å². The van der Waals surface area contributed by atoms with Crippen molar-refractivity contribution in [2.24, 2.45) is 0 Å². The van der Waals surface area contributed by atoms with Crippen LogP contribution in [0.1, 0.15) is 12.8 Å². The lowest BCUT2D eigenvalue weighted by Crippen LogP contribution is -2.39. The Balaban J connectivity index is 1.37. The minimum Gasteiger partial charge on any atom is -0.497 e. The monoisotopic (exact) mass is 380 g/mol. The molecule has 0 bridgehead atoms. The molecule has 0 amide bonds. The number of hydrogen-bond donors (Lipinski definition) is 1. The van der Waals surface area contributed by atoms with E-state index in [1.807, 2.05) is 48.5 Å². The van der Waals surface area contributed by atoms with Gasteiger partial charge in [0, 0.05) is 48.6 Å². The second-order valence-corrected chi connectivity index (χ2v) is 6.77. The number of anilines is 2. The third-order valence-electron chi connectivity index (χ3n) is 4.94. The quantitative estimate of drug-likeness (QED) is 0.697. The van der Waals surface area contributed by atoms with Gasteiger partial charge in [-0.1, -0.05) is 18.2 Å². The first-order valence-corrected chi connectivity index (χ1v) is 9.39. The van der Waals surface area contributed by atoms with E-state index in [2.05, 4.69) is 20.4 Å². The second kappa shape index (κ2) is 8.21. The summed E-state index contributed by atoms with van der Waals surface area (Å²) >= 11 is 0. The molecule has 2 heterocycles. The molecule has 0 radical (unpaired) electrons. The van der Waals surface area contributed by atoms with Crippen molar-refractivity contribution in [1.29, 1.82) is 0 Å². The maximum Gasteiger partial charge on any atom is 0.266 e. The first-order valence-electron chi connectivity index (χ1n) is 9.39. The van der Waals surface area contributed by atoms with Crippen LogP contribution >= 0.6 is 0 Å². The van der Waals surface area contributed by atoms with Crippen LogP contribution in [0.2, 0.25) is 0 Å². The highest BCUT2D eigenvalue weighted by atomic mass is 16.5. The lowest BCUT2D eigenvalue weighted by Gasteiger charge is -2.32. The fourth-order valence-corrected chi connectivity index (χ4v) is 3.39. The second-order valence-electron chi connectivity index (χ2n) is 6.77. The van der Waals surface area contributed by atoms with E-state index in [1.165, 1.54) is 0 Å². The molecule has 1 saturated heterocycles. The Hall–Kier alpha value is -3.22. The first-order chi connectivity index (χ1) is 13.7. The van der Waals surface area contributed by atoms with Gasteiger partial charge in [-0.05, 0) is 30.1 Å². The molecule has 28 heavy (non-hydrogen) atoms. The van der Waals surface area contributed by atoms with Gasteiger partial charge in [0.2, 0.25) is 0 Å². The number of benzene rings is 2. The Labute approximate surface area is 164 Å². The average molecular weight is 380 g/mol. The smallest absolute Gasteiger partial charge is 0.266 e. The molecule has 4 rings (SSSR count). The van der Waals surface area contributed by atoms with Gasteiger partial charge >= 0.3 is 0 Å². The first kappa shape index (κ1) is 18.2. The maximum atomic E-state index is 5.43. The van der Waals surface area contributed by atoms with Crippen molar-refractivity contribution in [1.82, 2.24) is 10.1 Å². The predicted molar refractivity (Wildman–Crippen MR) is 108 cm³/mol. The van der Waals surface area contributed by atoms with Crippen LogP contribution in [0.15, 0.2) is 53.1 Å². The summed E-state index contributed by atoms with van der Waals surface area (Å²) in [5.41, 5.74) is 1.94. The zero-order valence-electron chi connectivity index (χ0n) is 16.1. The SMILES string of the molecule is COc1cc(NC2CCN(c3noc(-c4ccccc4)n3)CC2)cc(OC)c1. The summed E-state index contributed by atoms with van der Waals surface area (Å²) in [6.07, 6.45) is 1.96. The van der Waals surface area contributed by atoms with Gasteiger partial charge in [0.05, 0.1) is 14.2 Å². The molecule has 1 aromatic heterocycles. The number of nitrogens with zero attached hydrogens (tertiary/aromatic N) is 3. The van der Waals surface area contributed by atoms with Crippen LogP contribution in [0.25, 0.3) is 11.5 Å². The molecule has 0 aliphatic carbocycles. The molecular weight excluding hydrogens is 356 g/mol. The van der Waals surface area contributed by atoms with Crippen molar-refractivity contribution in [2.75, 3.05) is 37.5 Å². The van der Waals surface area contributed by atoms with E-state index in [1.54, 1.807) is 14.2 Å². The Bertz CT molecular complexity index is 883. The molecule has 1 fully saturated rings. The third kappa shape index (κ3) is 4.03. The number of piperidine rings is 1. The zero-order chi connectivity index (χ0) is 19.3. The number of ether oxygens (including phenoxy) is 2. The largest absolute Gasteiger partial charge is 0.497 e. The highest BCUT2D eigenvalue weighted by Gasteiger charge is 2.23. The molecule has 0 spiro atoms. The van der Waals surface area contributed by atoms with Gasteiger partial charge in [-0.2, -0.15) is 4.98 Å². The summed E-state index contributed by atoms with van der Waals surface area (Å²) in [7, 11) is 3.32. The van der Waals surface area contributed by atoms with E-state index in [0.717, 1.165) is 48.7 Å². The Morgan fingerprint density at radius 3 is 2.32 bits per heavy atom. The van der Waals surface area contributed by atoms with Gasteiger partial charge < -0.3 is 24.2 Å². The standard InChI is InChI=1S/C21H24N4O3/c1-26-18-12-17(13-19(14-18)27-2)22-16-8-10-25(11-9-16)21-23-20(28-24-21)15-6-4-3-5-7-15/h3-7,12-14,16,22H,8-11H2,1-2H3. The van der Waals surface area contributed by atoms with E-state index in [0.29, 0.717) is 17.9 Å². The van der Waals surface area contributed by atoms with Gasteiger partial charge in [-0.3, -0.25) is 0 Å². The van der Waals surface area contributed by atoms with Crippen molar-refractivity contribution in [3.8, 4) is 23.0 Å². The molecule has 3 aromatic rings. The van der Waals surface area contributed by atoms with Crippen molar-refractivity contribution < 1.29 is 14.0 Å². The number of hydrogen-bond acceptors (Lipinski definition) is 7. The summed E-state index contributed by atoms with van der Waals surface area (Å²) in [6.45, 7) is 1.74. The summed E-state index contributed by atoms with van der Waals surface area (Å²) in [5.74, 6) is 2.76. The highest BCUT2D eigenvalue weighted by Crippen LogP contribution is 2.28.